The van der Waals surface area contributed by atoms with Gasteiger partial charge < -0.3 is 0 Å². The fraction of sp³-hybridized carbons (Fsp3) is 0.960. The Hall–Kier alpha value is -1.14. The summed E-state index contributed by atoms with van der Waals surface area (Å²) in [6.45, 7) is 0. The number of likely N-dealkylation sites (tertiary alicyclic amines) is 3. The van der Waals surface area contributed by atoms with Crippen molar-refractivity contribution in [2.24, 2.45) is 59.2 Å². The Morgan fingerprint density at radius 2 is 0.782 bits per heavy atom. The molecule has 55 heavy (non-hydrogen) atoms. The lowest BCUT2D eigenvalue weighted by atomic mass is 9.57. The van der Waals surface area contributed by atoms with E-state index in [9.17, 15) is 10.5 Å². The van der Waals surface area contributed by atoms with E-state index < -0.39 is 0 Å². The lowest BCUT2D eigenvalue weighted by Crippen LogP contribution is -2.70. The second-order valence-corrected chi connectivity index (χ2v) is 22.3. The minimum absolute atomic E-state index is 0.0523. The maximum absolute atomic E-state index is 11.3. The molecular formula is C50H77N5. The molecule has 0 amide bonds. The second-order valence-electron chi connectivity index (χ2n) is 22.3. The van der Waals surface area contributed by atoms with Crippen LogP contribution in [0.2, 0.25) is 0 Å². The average molecular weight is 748 g/mol. The van der Waals surface area contributed by atoms with Crippen LogP contribution in [-0.2, 0) is 0 Å². The van der Waals surface area contributed by atoms with E-state index in [0.29, 0.717) is 30.0 Å². The molecule has 5 heteroatoms. The Labute approximate surface area is 336 Å². The summed E-state index contributed by atoms with van der Waals surface area (Å²) in [5.74, 6) is 6.59. The molecule has 18 unspecified atom stereocenters. The highest BCUT2D eigenvalue weighted by atomic mass is 15.4. The summed E-state index contributed by atoms with van der Waals surface area (Å²) in [5.41, 5.74) is 0. The number of hydrogen-bond acceptors (Lipinski definition) is 5. The number of hydrogen-bond donors (Lipinski definition) is 0. The first kappa shape index (κ1) is 36.9. The smallest absolute Gasteiger partial charge is 0.0659 e. The third-order valence-corrected chi connectivity index (χ3v) is 20.4. The molecule has 8 aliphatic carbocycles. The van der Waals surface area contributed by atoms with Crippen molar-refractivity contribution < 1.29 is 0 Å². The Balaban J connectivity index is 1.10. The van der Waals surface area contributed by atoms with Crippen molar-refractivity contribution in [2.45, 2.75) is 241 Å². The number of rotatable bonds is 4. The van der Waals surface area contributed by atoms with E-state index in [0.717, 1.165) is 91.0 Å². The van der Waals surface area contributed by atoms with Crippen molar-refractivity contribution in [1.82, 2.24) is 14.7 Å². The van der Waals surface area contributed by atoms with E-state index in [-0.39, 0.29) is 11.8 Å². The molecule has 3 saturated heterocycles. The predicted octanol–water partition coefficient (Wildman–Crippen LogP) is 10.9. The number of fused-ring (bicyclic) bond motifs is 9. The van der Waals surface area contributed by atoms with E-state index >= 15 is 0 Å². The zero-order valence-corrected chi connectivity index (χ0v) is 34.7. The van der Waals surface area contributed by atoms with E-state index in [4.69, 9.17) is 0 Å². The Morgan fingerprint density at radius 1 is 0.327 bits per heavy atom. The van der Waals surface area contributed by atoms with Gasteiger partial charge >= 0.3 is 0 Å². The Bertz CT molecular complexity index is 1400. The normalized spacial score (nSPS) is 52.1. The summed E-state index contributed by atoms with van der Waals surface area (Å²) in [6, 6.07) is 12.5. The van der Waals surface area contributed by atoms with Gasteiger partial charge in [-0.3, -0.25) is 14.7 Å². The van der Waals surface area contributed by atoms with Crippen LogP contribution in [0.3, 0.4) is 0 Å². The molecule has 3 aliphatic heterocycles. The molecule has 5 nitrogen and oxygen atoms in total. The van der Waals surface area contributed by atoms with Gasteiger partial charge in [0.1, 0.15) is 0 Å². The largest absolute Gasteiger partial charge is 0.294 e. The van der Waals surface area contributed by atoms with Gasteiger partial charge in [-0.2, -0.15) is 10.5 Å². The molecule has 18 atom stereocenters. The van der Waals surface area contributed by atoms with Crippen molar-refractivity contribution in [3.63, 3.8) is 0 Å². The fourth-order valence-electron chi connectivity index (χ4n) is 18.9. The minimum atomic E-state index is 0.0523. The maximum Gasteiger partial charge on any atom is 0.0659 e. The van der Waals surface area contributed by atoms with Gasteiger partial charge in [0.15, 0.2) is 0 Å². The molecule has 11 aliphatic rings. The predicted molar refractivity (Wildman–Crippen MR) is 220 cm³/mol. The monoisotopic (exact) mass is 748 g/mol. The molecule has 0 aromatic rings. The van der Waals surface area contributed by atoms with Gasteiger partial charge in [-0.15, -0.1) is 0 Å². The highest BCUT2D eigenvalue weighted by Crippen LogP contribution is 2.63. The van der Waals surface area contributed by atoms with Crippen molar-refractivity contribution in [3.05, 3.63) is 0 Å². The lowest BCUT2D eigenvalue weighted by molar-refractivity contribution is -0.115. The molecule has 0 bridgehead atoms. The van der Waals surface area contributed by atoms with Gasteiger partial charge in [0.05, 0.1) is 18.1 Å². The van der Waals surface area contributed by atoms with Crippen molar-refractivity contribution >= 4 is 0 Å². The molecule has 302 valence electrons. The van der Waals surface area contributed by atoms with Gasteiger partial charge in [-0.25, -0.2) is 0 Å². The van der Waals surface area contributed by atoms with Crippen LogP contribution in [0.4, 0.5) is 0 Å². The van der Waals surface area contributed by atoms with Crippen LogP contribution in [0.5, 0.6) is 0 Å². The van der Waals surface area contributed by atoms with Gasteiger partial charge in [0.2, 0.25) is 0 Å². The van der Waals surface area contributed by atoms with Gasteiger partial charge in [0, 0.05) is 60.3 Å². The van der Waals surface area contributed by atoms with Crippen LogP contribution in [0, 0.1) is 81.8 Å². The maximum atomic E-state index is 11.3. The molecule has 0 N–H and O–H groups in total. The lowest BCUT2D eigenvalue weighted by Gasteiger charge is -2.61. The van der Waals surface area contributed by atoms with Crippen LogP contribution in [-0.4, -0.2) is 69.1 Å². The molecule has 0 radical (unpaired) electrons. The number of nitrogens with zero attached hydrogens (tertiary/aromatic N) is 5. The van der Waals surface area contributed by atoms with Gasteiger partial charge in [0.25, 0.3) is 0 Å². The van der Waals surface area contributed by atoms with Gasteiger partial charge in [-0.1, -0.05) is 83.5 Å². The van der Waals surface area contributed by atoms with Crippen molar-refractivity contribution in [3.8, 4) is 12.1 Å². The molecule has 0 aromatic heterocycles. The SMILES string of the molecule is N#CC1CCC(C2C3C(CC(N4C5CCCCC5C5CCCCC54)C2N2C4CCCCC4C4CCCCC42)C2CCCCC2N3C2CCCCC2)C(C#N)C1. The molecule has 3 heterocycles. The van der Waals surface area contributed by atoms with Crippen molar-refractivity contribution in [2.75, 3.05) is 0 Å². The Morgan fingerprint density at radius 3 is 1.29 bits per heavy atom. The highest BCUT2D eigenvalue weighted by molar-refractivity contribution is 5.21. The minimum Gasteiger partial charge on any atom is -0.294 e. The van der Waals surface area contributed by atoms with Gasteiger partial charge in [-0.05, 0) is 150 Å². The fourth-order valence-corrected chi connectivity index (χ4v) is 18.9. The average Bonchev–Trinajstić information content (AvgIpc) is 3.89. The highest BCUT2D eigenvalue weighted by Gasteiger charge is 2.67. The summed E-state index contributed by atoms with van der Waals surface area (Å²) in [5, 5.41) is 21.6. The van der Waals surface area contributed by atoms with E-state index in [1.807, 2.05) is 0 Å². The zero-order chi connectivity index (χ0) is 36.6. The van der Waals surface area contributed by atoms with Crippen LogP contribution in [0.25, 0.3) is 0 Å². The topological polar surface area (TPSA) is 57.3 Å². The van der Waals surface area contributed by atoms with Crippen LogP contribution < -0.4 is 0 Å². The summed E-state index contributed by atoms with van der Waals surface area (Å²) >= 11 is 0. The summed E-state index contributed by atoms with van der Waals surface area (Å²) < 4.78 is 0. The standard InChI is InChI=1S/C50H77N5/c51-30-32-26-27-35(33(28-32)31-52)48-49-41(40-20-8-9-21-42(40)53(49)34-14-2-1-3-15-34)29-47(54-43-22-10-4-16-36(43)37-17-5-11-23-44(37)54)50(48)55-45-24-12-6-18-38(45)39-19-7-13-25-46(39)55/h32-50H,1-29H2. The molecule has 11 rings (SSSR count). The Kier molecular flexibility index (Phi) is 10.4. The van der Waals surface area contributed by atoms with E-state index in [1.54, 1.807) is 0 Å². The van der Waals surface area contributed by atoms with Crippen LogP contribution in [0.1, 0.15) is 186 Å². The summed E-state index contributed by atoms with van der Waals surface area (Å²) in [6.07, 6.45) is 40.9. The molecule has 0 aromatic carbocycles. The third kappa shape index (κ3) is 6.01. The first-order valence-electron chi connectivity index (χ1n) is 25.4. The zero-order valence-electron chi connectivity index (χ0n) is 34.7. The first-order valence-corrected chi connectivity index (χ1v) is 25.4. The van der Waals surface area contributed by atoms with Crippen LogP contribution >= 0.6 is 0 Å². The quantitative estimate of drug-likeness (QED) is 0.287. The third-order valence-electron chi connectivity index (χ3n) is 20.4. The summed E-state index contributed by atoms with van der Waals surface area (Å²) in [7, 11) is 0. The first-order chi connectivity index (χ1) is 27.2. The number of nitriles is 2. The second kappa shape index (κ2) is 15.5. The molecule has 8 saturated carbocycles. The molecule has 0 spiro atoms. The summed E-state index contributed by atoms with van der Waals surface area (Å²) in [4.78, 5) is 10.3. The molecule has 11 fully saturated rings. The van der Waals surface area contributed by atoms with Crippen LogP contribution in [0.15, 0.2) is 0 Å². The van der Waals surface area contributed by atoms with Crippen molar-refractivity contribution in [1.29, 1.82) is 10.5 Å². The molecular weight excluding hydrogens is 671 g/mol. The van der Waals surface area contributed by atoms with E-state index in [2.05, 4.69) is 26.8 Å². The van der Waals surface area contributed by atoms with E-state index in [1.165, 1.54) is 167 Å².